The first-order valence-electron chi connectivity index (χ1n) is 11.8. The highest BCUT2D eigenvalue weighted by Gasteiger charge is 2.47. The van der Waals surface area contributed by atoms with Gasteiger partial charge in [-0.05, 0) is 75.9 Å². The summed E-state index contributed by atoms with van der Waals surface area (Å²) in [5.74, 6) is 0.595. The van der Waals surface area contributed by atoms with Crippen molar-refractivity contribution in [2.45, 2.75) is 60.1 Å². The van der Waals surface area contributed by atoms with Gasteiger partial charge in [0.15, 0.2) is 0 Å². The molecule has 1 aliphatic heterocycles. The quantitative estimate of drug-likeness (QED) is 0.224. The number of hydrogen-bond donors (Lipinski definition) is 1. The van der Waals surface area contributed by atoms with Gasteiger partial charge in [-0.25, -0.2) is 0 Å². The minimum Gasteiger partial charge on any atom is -0.507 e. The molecule has 0 radical (unpaired) electrons. The summed E-state index contributed by atoms with van der Waals surface area (Å²) in [6, 6.07) is 7.96. The van der Waals surface area contributed by atoms with Gasteiger partial charge < -0.3 is 23.9 Å². The molecular formula is C27H35NO6. The number of Topliss-reactive ketones (excluding diaryl/α,β-unsaturated/α-hetero) is 1. The number of carbonyl (C=O) groups is 2. The monoisotopic (exact) mass is 469 g/mol. The van der Waals surface area contributed by atoms with Gasteiger partial charge in [-0.15, -0.1) is 0 Å². The van der Waals surface area contributed by atoms with E-state index in [2.05, 4.69) is 13.8 Å². The third-order valence-corrected chi connectivity index (χ3v) is 5.59. The number of likely N-dealkylation sites (tertiary alicyclic amines) is 1. The average molecular weight is 470 g/mol. The van der Waals surface area contributed by atoms with Crippen LogP contribution in [0.2, 0.25) is 0 Å². The molecule has 1 amide bonds. The van der Waals surface area contributed by atoms with E-state index in [-0.39, 0.29) is 17.4 Å². The summed E-state index contributed by atoms with van der Waals surface area (Å²) in [5, 5.41) is 11.2. The fraction of sp³-hybridized carbons (Fsp3) is 0.481. The van der Waals surface area contributed by atoms with E-state index in [1.54, 1.807) is 37.3 Å². The molecule has 1 fully saturated rings. The fourth-order valence-corrected chi connectivity index (χ4v) is 3.93. The molecule has 1 aliphatic rings. The standard InChI is InChI=1S/C27H35NO6/c1-16(2)15-33-21-11-9-20(14-18(21)5)25(29)23-24(22-10-8-19(6)34-22)28(27(31)26(23)30)12-7-13-32-17(3)4/h8-11,14,16-17,24,29H,7,12-13,15H2,1-6H3/b25-23-. The number of ether oxygens (including phenoxy) is 2. The Balaban J connectivity index is 1.97. The predicted octanol–water partition coefficient (Wildman–Crippen LogP) is 5.17. The lowest BCUT2D eigenvalue weighted by atomic mass is 9.98. The molecule has 34 heavy (non-hydrogen) atoms. The smallest absolute Gasteiger partial charge is 0.295 e. The highest BCUT2D eigenvalue weighted by molar-refractivity contribution is 6.46. The SMILES string of the molecule is Cc1ccc(C2/C(=C(/O)c3ccc(OCC(C)C)c(C)c3)C(=O)C(=O)N2CCCOC(C)C)o1. The molecule has 1 aromatic heterocycles. The Morgan fingerprint density at radius 3 is 2.44 bits per heavy atom. The number of carbonyl (C=O) groups excluding carboxylic acids is 2. The molecule has 1 saturated heterocycles. The summed E-state index contributed by atoms with van der Waals surface area (Å²) >= 11 is 0. The van der Waals surface area contributed by atoms with Crippen molar-refractivity contribution in [3.8, 4) is 5.75 Å². The van der Waals surface area contributed by atoms with Crippen molar-refractivity contribution in [3.05, 3.63) is 58.6 Å². The van der Waals surface area contributed by atoms with Crippen molar-refractivity contribution in [2.24, 2.45) is 5.92 Å². The maximum absolute atomic E-state index is 13.1. The second-order valence-electron chi connectivity index (χ2n) is 9.40. The third kappa shape index (κ3) is 5.70. The van der Waals surface area contributed by atoms with Gasteiger partial charge >= 0.3 is 0 Å². The number of hydrogen-bond acceptors (Lipinski definition) is 6. The van der Waals surface area contributed by atoms with Crippen molar-refractivity contribution < 1.29 is 28.6 Å². The van der Waals surface area contributed by atoms with Gasteiger partial charge in [-0.2, -0.15) is 0 Å². The summed E-state index contributed by atoms with van der Waals surface area (Å²) in [5.41, 5.74) is 1.30. The number of amides is 1. The van der Waals surface area contributed by atoms with E-state index < -0.39 is 17.7 Å². The highest BCUT2D eigenvalue weighted by Crippen LogP contribution is 2.40. The average Bonchev–Trinajstić information content (AvgIpc) is 3.30. The van der Waals surface area contributed by atoms with Crippen LogP contribution in [0.4, 0.5) is 0 Å². The normalized spacial score (nSPS) is 17.9. The van der Waals surface area contributed by atoms with E-state index in [1.807, 2.05) is 20.8 Å². The molecule has 3 rings (SSSR count). The molecule has 7 nitrogen and oxygen atoms in total. The topological polar surface area (TPSA) is 89.2 Å². The first-order chi connectivity index (χ1) is 16.1. The summed E-state index contributed by atoms with van der Waals surface area (Å²) in [7, 11) is 0. The van der Waals surface area contributed by atoms with Gasteiger partial charge in [0.2, 0.25) is 0 Å². The maximum atomic E-state index is 13.1. The number of benzene rings is 1. The van der Waals surface area contributed by atoms with Gasteiger partial charge in [0.1, 0.15) is 29.1 Å². The third-order valence-electron chi connectivity index (χ3n) is 5.59. The van der Waals surface area contributed by atoms with Crippen molar-refractivity contribution in [1.29, 1.82) is 0 Å². The highest BCUT2D eigenvalue weighted by atomic mass is 16.5. The predicted molar refractivity (Wildman–Crippen MR) is 130 cm³/mol. The number of aliphatic hydroxyl groups is 1. The van der Waals surface area contributed by atoms with Gasteiger partial charge in [-0.1, -0.05) is 13.8 Å². The van der Waals surface area contributed by atoms with Gasteiger partial charge in [0, 0.05) is 18.7 Å². The molecule has 2 heterocycles. The Hall–Kier alpha value is -3.06. The summed E-state index contributed by atoms with van der Waals surface area (Å²) in [4.78, 5) is 27.5. The number of nitrogens with zero attached hydrogens (tertiary/aromatic N) is 1. The molecule has 0 bridgehead atoms. The van der Waals surface area contributed by atoms with E-state index in [1.165, 1.54) is 4.90 Å². The zero-order valence-electron chi connectivity index (χ0n) is 20.9. The Morgan fingerprint density at radius 2 is 1.85 bits per heavy atom. The summed E-state index contributed by atoms with van der Waals surface area (Å²) in [6.45, 7) is 13.0. The molecule has 1 aromatic carbocycles. The van der Waals surface area contributed by atoms with Crippen LogP contribution in [-0.4, -0.2) is 47.6 Å². The van der Waals surface area contributed by atoms with Crippen molar-refractivity contribution in [1.82, 2.24) is 4.90 Å². The van der Waals surface area contributed by atoms with E-state index in [0.717, 1.165) is 5.56 Å². The number of furan rings is 1. The van der Waals surface area contributed by atoms with Crippen molar-refractivity contribution in [2.75, 3.05) is 19.8 Å². The van der Waals surface area contributed by atoms with Crippen LogP contribution in [0.15, 0.2) is 40.3 Å². The first-order valence-corrected chi connectivity index (χ1v) is 11.8. The summed E-state index contributed by atoms with van der Waals surface area (Å²) in [6.07, 6.45) is 0.636. The van der Waals surface area contributed by atoms with Gasteiger partial charge in [0.05, 0.1) is 18.3 Å². The Labute approximate surface area is 201 Å². The lowest BCUT2D eigenvalue weighted by Gasteiger charge is -2.23. The zero-order valence-corrected chi connectivity index (χ0v) is 20.9. The van der Waals surface area contributed by atoms with Crippen LogP contribution in [0.25, 0.3) is 5.76 Å². The van der Waals surface area contributed by atoms with Crippen LogP contribution in [0.3, 0.4) is 0 Å². The number of aryl methyl sites for hydroxylation is 2. The minimum atomic E-state index is -0.801. The largest absolute Gasteiger partial charge is 0.507 e. The molecule has 0 aliphatic carbocycles. The maximum Gasteiger partial charge on any atom is 0.295 e. The van der Waals surface area contributed by atoms with E-state index in [9.17, 15) is 14.7 Å². The van der Waals surface area contributed by atoms with E-state index in [0.29, 0.717) is 54.9 Å². The van der Waals surface area contributed by atoms with Crippen LogP contribution in [-0.2, 0) is 14.3 Å². The van der Waals surface area contributed by atoms with E-state index in [4.69, 9.17) is 13.9 Å². The van der Waals surface area contributed by atoms with Gasteiger partial charge in [-0.3, -0.25) is 9.59 Å². The van der Waals surface area contributed by atoms with Crippen LogP contribution < -0.4 is 4.74 Å². The van der Waals surface area contributed by atoms with Gasteiger partial charge in [0.25, 0.3) is 11.7 Å². The zero-order chi connectivity index (χ0) is 25.0. The van der Waals surface area contributed by atoms with E-state index >= 15 is 0 Å². The lowest BCUT2D eigenvalue weighted by Crippen LogP contribution is -2.31. The second kappa shape index (κ2) is 10.9. The number of ketones is 1. The first kappa shape index (κ1) is 25.6. The molecule has 2 aromatic rings. The molecule has 1 N–H and O–H groups in total. The minimum absolute atomic E-state index is 0.0272. The van der Waals surface area contributed by atoms with Crippen LogP contribution in [0.1, 0.15) is 62.8 Å². The number of aliphatic hydroxyl groups excluding tert-OH is 1. The molecule has 7 heteroatoms. The fourth-order valence-electron chi connectivity index (χ4n) is 3.93. The van der Waals surface area contributed by atoms with Crippen molar-refractivity contribution in [3.63, 3.8) is 0 Å². The molecule has 1 atom stereocenters. The molecule has 0 spiro atoms. The summed E-state index contributed by atoms with van der Waals surface area (Å²) < 4.78 is 17.2. The van der Waals surface area contributed by atoms with Crippen molar-refractivity contribution >= 4 is 17.4 Å². The Bertz CT molecular complexity index is 1060. The van der Waals surface area contributed by atoms with Crippen LogP contribution in [0.5, 0.6) is 5.75 Å². The second-order valence-corrected chi connectivity index (χ2v) is 9.40. The van der Waals surface area contributed by atoms with Crippen LogP contribution in [0, 0.1) is 19.8 Å². The molecule has 1 unspecified atom stereocenters. The Kier molecular flexibility index (Phi) is 8.20. The Morgan fingerprint density at radius 1 is 1.12 bits per heavy atom. The van der Waals surface area contributed by atoms with Crippen LogP contribution >= 0.6 is 0 Å². The molecule has 0 saturated carbocycles. The lowest BCUT2D eigenvalue weighted by molar-refractivity contribution is -0.140. The number of rotatable bonds is 10. The molecular weight excluding hydrogens is 434 g/mol. The molecule has 184 valence electrons.